The average Bonchev–Trinajstić information content (AvgIpc) is 2.63. The van der Waals surface area contributed by atoms with E-state index in [4.69, 9.17) is 0 Å². The molecule has 0 bridgehead atoms. The molecule has 2 atom stereocenters. The van der Waals surface area contributed by atoms with Crippen LogP contribution in [0.1, 0.15) is 33.1 Å². The highest BCUT2D eigenvalue weighted by atomic mass is 127. The van der Waals surface area contributed by atoms with Crippen molar-refractivity contribution in [2.24, 2.45) is 5.92 Å². The zero-order valence-corrected chi connectivity index (χ0v) is 18.2. The van der Waals surface area contributed by atoms with E-state index in [0.29, 0.717) is 0 Å². The second kappa shape index (κ2) is 9.20. The standard InChI is InChI=1S/C15H14F17I/c1-3-4-5-7(33)6(2)8(16,17)9(18,19)10(20,21)11(22,23)12(24,25)13(26,27)14(28,29)15(30,31)32/h6-7H,3-5H2,1-2H3. The summed E-state index contributed by atoms with van der Waals surface area (Å²) in [5, 5.41) is 0. The largest absolute Gasteiger partial charge is 0.460 e. The van der Waals surface area contributed by atoms with Gasteiger partial charge >= 0.3 is 47.6 Å². The minimum atomic E-state index is -8.59. The van der Waals surface area contributed by atoms with E-state index in [9.17, 15) is 74.6 Å². The molecule has 200 valence electrons. The third-order valence-electron chi connectivity index (χ3n) is 4.69. The van der Waals surface area contributed by atoms with Gasteiger partial charge < -0.3 is 0 Å². The Labute approximate surface area is 188 Å². The summed E-state index contributed by atoms with van der Waals surface area (Å²) >= 11 is 1.02. The highest BCUT2D eigenvalue weighted by molar-refractivity contribution is 14.1. The lowest BCUT2D eigenvalue weighted by Crippen LogP contribution is -2.75. The van der Waals surface area contributed by atoms with E-state index in [1.165, 1.54) is 6.92 Å². The Kier molecular flexibility index (Phi) is 9.07. The van der Waals surface area contributed by atoms with Crippen LogP contribution in [0.15, 0.2) is 0 Å². The van der Waals surface area contributed by atoms with E-state index in [2.05, 4.69) is 0 Å². The molecule has 0 rings (SSSR count). The van der Waals surface area contributed by atoms with Gasteiger partial charge in [-0.2, -0.15) is 74.6 Å². The maximum atomic E-state index is 14.1. The Morgan fingerprint density at radius 1 is 0.545 bits per heavy atom. The van der Waals surface area contributed by atoms with Gasteiger partial charge in [0.1, 0.15) is 0 Å². The van der Waals surface area contributed by atoms with Gasteiger partial charge in [-0.1, -0.05) is 49.3 Å². The molecule has 18 heteroatoms. The van der Waals surface area contributed by atoms with Crippen molar-refractivity contribution < 1.29 is 74.6 Å². The summed E-state index contributed by atoms with van der Waals surface area (Å²) in [6, 6.07) is 0. The van der Waals surface area contributed by atoms with Crippen LogP contribution in [0.5, 0.6) is 0 Å². The van der Waals surface area contributed by atoms with Crippen LogP contribution in [0.2, 0.25) is 0 Å². The molecule has 0 nitrogen and oxygen atoms in total. The fraction of sp³-hybridized carbons (Fsp3) is 1.00. The summed E-state index contributed by atoms with van der Waals surface area (Å²) < 4.78 is 223. The highest BCUT2D eigenvalue weighted by Crippen LogP contribution is 2.64. The lowest BCUT2D eigenvalue weighted by atomic mass is 9.84. The smallest absolute Gasteiger partial charge is 0.199 e. The Bertz CT molecular complexity index is 666. The van der Waals surface area contributed by atoms with Crippen LogP contribution in [0.3, 0.4) is 0 Å². The van der Waals surface area contributed by atoms with E-state index >= 15 is 0 Å². The molecule has 0 amide bonds. The van der Waals surface area contributed by atoms with Crippen LogP contribution >= 0.6 is 22.6 Å². The summed E-state index contributed by atoms with van der Waals surface area (Å²) in [5.74, 6) is -58.9. The summed E-state index contributed by atoms with van der Waals surface area (Å²) in [7, 11) is 0. The summed E-state index contributed by atoms with van der Waals surface area (Å²) in [6.07, 6.45) is -7.89. The molecule has 0 aromatic heterocycles. The first-order chi connectivity index (χ1) is 14.1. The average molecular weight is 644 g/mol. The van der Waals surface area contributed by atoms with Gasteiger partial charge in [-0.3, -0.25) is 0 Å². The van der Waals surface area contributed by atoms with Crippen LogP contribution in [0, 0.1) is 5.92 Å². The fourth-order valence-electron chi connectivity index (χ4n) is 2.34. The molecule has 0 radical (unpaired) electrons. The van der Waals surface area contributed by atoms with Crippen LogP contribution < -0.4 is 0 Å². The van der Waals surface area contributed by atoms with Gasteiger partial charge in [0.15, 0.2) is 0 Å². The maximum absolute atomic E-state index is 14.1. The van der Waals surface area contributed by atoms with Crippen LogP contribution in [-0.2, 0) is 0 Å². The minimum absolute atomic E-state index is 0.0168. The molecule has 0 N–H and O–H groups in total. The SMILES string of the molecule is CCCCC(I)C(C)C(F)(F)C(F)(F)C(F)(F)C(F)(F)C(F)(F)C(F)(F)C(F)(F)C(F)(F)F. The molecule has 0 saturated heterocycles. The predicted molar refractivity (Wildman–Crippen MR) is 87.2 cm³/mol. The van der Waals surface area contributed by atoms with Gasteiger partial charge in [-0.25, -0.2) is 0 Å². The molecular formula is C15H14F17I. The number of hydrogen-bond donors (Lipinski definition) is 0. The first-order valence-corrected chi connectivity index (χ1v) is 9.74. The Balaban J connectivity index is 6.64. The molecule has 0 fully saturated rings. The summed E-state index contributed by atoms with van der Waals surface area (Å²) in [5.41, 5.74) is 0. The van der Waals surface area contributed by atoms with Crippen molar-refractivity contribution in [3.05, 3.63) is 0 Å². The third kappa shape index (κ3) is 4.70. The highest BCUT2D eigenvalue weighted by Gasteiger charge is 2.95. The van der Waals surface area contributed by atoms with Gasteiger partial charge in [0, 0.05) is 9.84 Å². The predicted octanol–water partition coefficient (Wildman–Crippen LogP) is 8.63. The molecule has 0 saturated carbocycles. The molecule has 2 unspecified atom stereocenters. The quantitative estimate of drug-likeness (QED) is 0.120. The van der Waals surface area contributed by atoms with Crippen LogP contribution in [0.4, 0.5) is 74.6 Å². The van der Waals surface area contributed by atoms with E-state index < -0.39 is 63.9 Å². The topological polar surface area (TPSA) is 0 Å². The van der Waals surface area contributed by atoms with Crippen molar-refractivity contribution in [3.63, 3.8) is 0 Å². The zero-order chi connectivity index (χ0) is 27.3. The van der Waals surface area contributed by atoms with Gasteiger partial charge in [0.2, 0.25) is 0 Å². The van der Waals surface area contributed by atoms with E-state index in [1.54, 1.807) is 0 Å². The van der Waals surface area contributed by atoms with Gasteiger partial charge in [-0.05, 0) is 6.42 Å². The van der Waals surface area contributed by atoms with Crippen molar-refractivity contribution in [1.29, 1.82) is 0 Å². The Morgan fingerprint density at radius 2 is 0.848 bits per heavy atom. The molecular weight excluding hydrogens is 630 g/mol. The zero-order valence-electron chi connectivity index (χ0n) is 16.1. The lowest BCUT2D eigenvalue weighted by molar-refractivity contribution is -0.463. The summed E-state index contributed by atoms with van der Waals surface area (Å²) in [6.45, 7) is 1.58. The minimum Gasteiger partial charge on any atom is -0.199 e. The molecule has 33 heavy (non-hydrogen) atoms. The van der Waals surface area contributed by atoms with Gasteiger partial charge in [0.05, 0.1) is 0 Å². The van der Waals surface area contributed by atoms with Crippen molar-refractivity contribution in [1.82, 2.24) is 0 Å². The molecule has 0 aliphatic heterocycles. The normalized spacial score (nSPS) is 17.8. The maximum Gasteiger partial charge on any atom is 0.460 e. The van der Waals surface area contributed by atoms with E-state index in [0.717, 1.165) is 22.6 Å². The molecule has 0 heterocycles. The summed E-state index contributed by atoms with van der Waals surface area (Å²) in [4.78, 5) is 0. The number of alkyl halides is 18. The van der Waals surface area contributed by atoms with Crippen LogP contribution in [-0.4, -0.2) is 51.6 Å². The van der Waals surface area contributed by atoms with E-state index in [-0.39, 0.29) is 19.8 Å². The second-order valence-electron chi connectivity index (χ2n) is 7.01. The number of halogens is 18. The first kappa shape index (κ1) is 32.5. The second-order valence-corrected chi connectivity index (χ2v) is 8.61. The molecule has 0 aromatic rings. The van der Waals surface area contributed by atoms with Crippen molar-refractivity contribution in [2.75, 3.05) is 0 Å². The Hall–Kier alpha value is -0.460. The molecule has 0 spiro atoms. The van der Waals surface area contributed by atoms with E-state index in [1.807, 2.05) is 0 Å². The van der Waals surface area contributed by atoms with Crippen molar-refractivity contribution in [2.45, 2.75) is 84.7 Å². The molecule has 0 aromatic carbocycles. The third-order valence-corrected chi connectivity index (χ3v) is 6.40. The van der Waals surface area contributed by atoms with Crippen LogP contribution in [0.25, 0.3) is 0 Å². The van der Waals surface area contributed by atoms with Crippen molar-refractivity contribution >= 4 is 22.6 Å². The first-order valence-electron chi connectivity index (χ1n) is 8.50. The lowest BCUT2D eigenvalue weighted by Gasteiger charge is -2.44. The van der Waals surface area contributed by atoms with Crippen molar-refractivity contribution in [3.8, 4) is 0 Å². The van der Waals surface area contributed by atoms with Gasteiger partial charge in [0.25, 0.3) is 0 Å². The van der Waals surface area contributed by atoms with Gasteiger partial charge in [-0.15, -0.1) is 0 Å². The molecule has 0 aliphatic carbocycles. The number of hydrogen-bond acceptors (Lipinski definition) is 0. The number of rotatable bonds is 11. The fourth-order valence-corrected chi connectivity index (χ4v) is 3.23. The molecule has 0 aliphatic rings. The Morgan fingerprint density at radius 3 is 1.15 bits per heavy atom. The monoisotopic (exact) mass is 644 g/mol. The number of unbranched alkanes of at least 4 members (excludes halogenated alkanes) is 1.